The summed E-state index contributed by atoms with van der Waals surface area (Å²) in [5, 5.41) is 13.7. The summed E-state index contributed by atoms with van der Waals surface area (Å²) in [7, 11) is 0. The van der Waals surface area contributed by atoms with Gasteiger partial charge in [-0.25, -0.2) is 4.79 Å². The summed E-state index contributed by atoms with van der Waals surface area (Å²) < 4.78 is 6.47. The number of hydrogen-bond donors (Lipinski definition) is 1. The smallest absolute Gasteiger partial charge is 0.407 e. The Bertz CT molecular complexity index is 1100. The average molecular weight is 412 g/mol. The molecule has 3 rings (SSSR count). The predicted octanol–water partition coefficient (Wildman–Crippen LogP) is 3.77. The van der Waals surface area contributed by atoms with Crippen LogP contribution in [0.4, 0.5) is 17.1 Å². The molecule has 1 amide bonds. The Balaban J connectivity index is 1.57. The van der Waals surface area contributed by atoms with Crippen LogP contribution >= 0.6 is 0 Å². The Hall–Kier alpha value is -3.62. The number of amides is 1. The van der Waals surface area contributed by atoms with E-state index in [2.05, 4.69) is 24.1 Å². The van der Waals surface area contributed by atoms with Crippen LogP contribution in [0.1, 0.15) is 26.7 Å². The van der Waals surface area contributed by atoms with E-state index in [-0.39, 0.29) is 30.1 Å². The molecule has 0 bridgehead atoms. The standard InChI is InChI=1S/C21H24N4O5/c1-3-23(4-2)16-9-7-15(8-10-16)22-20(26)6-5-13-24-18-12-11-17(25(28)29)14-19(18)30-21(24)27/h7-12,14H,3-6,13H2,1-2H3,(H,22,26). The molecule has 0 radical (unpaired) electrons. The third kappa shape index (κ3) is 4.68. The molecule has 0 aliphatic carbocycles. The van der Waals surface area contributed by atoms with E-state index in [4.69, 9.17) is 4.42 Å². The first-order valence-corrected chi connectivity index (χ1v) is 9.85. The topological polar surface area (TPSA) is 111 Å². The lowest BCUT2D eigenvalue weighted by Crippen LogP contribution is -2.21. The lowest BCUT2D eigenvalue weighted by Gasteiger charge is -2.21. The molecule has 1 aromatic heterocycles. The van der Waals surface area contributed by atoms with Crippen molar-refractivity contribution in [2.75, 3.05) is 23.3 Å². The number of nitrogens with zero attached hydrogens (tertiary/aromatic N) is 3. The summed E-state index contributed by atoms with van der Waals surface area (Å²) in [6.45, 7) is 6.29. The fraction of sp³-hybridized carbons (Fsp3) is 0.333. The van der Waals surface area contributed by atoms with Gasteiger partial charge in [0.2, 0.25) is 5.91 Å². The second kappa shape index (κ2) is 9.25. The number of rotatable bonds is 9. The van der Waals surface area contributed by atoms with Gasteiger partial charge in [-0.15, -0.1) is 0 Å². The molecule has 158 valence electrons. The summed E-state index contributed by atoms with van der Waals surface area (Å²) in [4.78, 5) is 36.8. The highest BCUT2D eigenvalue weighted by molar-refractivity contribution is 5.90. The number of nitro benzene ring substituents is 1. The first-order valence-electron chi connectivity index (χ1n) is 9.85. The summed E-state index contributed by atoms with van der Waals surface area (Å²) in [5.41, 5.74) is 2.30. The highest BCUT2D eigenvalue weighted by Crippen LogP contribution is 2.21. The van der Waals surface area contributed by atoms with Crippen molar-refractivity contribution in [1.82, 2.24) is 4.57 Å². The van der Waals surface area contributed by atoms with Gasteiger partial charge in [0.25, 0.3) is 5.69 Å². The minimum Gasteiger partial charge on any atom is -0.407 e. The Morgan fingerprint density at radius 3 is 2.50 bits per heavy atom. The van der Waals surface area contributed by atoms with Crippen LogP contribution in [0.5, 0.6) is 0 Å². The van der Waals surface area contributed by atoms with Crippen molar-refractivity contribution < 1.29 is 14.1 Å². The monoisotopic (exact) mass is 412 g/mol. The highest BCUT2D eigenvalue weighted by atomic mass is 16.6. The van der Waals surface area contributed by atoms with Crippen molar-refractivity contribution in [3.8, 4) is 0 Å². The van der Waals surface area contributed by atoms with Gasteiger partial charge in [-0.05, 0) is 50.6 Å². The van der Waals surface area contributed by atoms with Gasteiger partial charge in [-0.2, -0.15) is 0 Å². The number of carbonyl (C=O) groups excluding carboxylic acids is 1. The summed E-state index contributed by atoms with van der Waals surface area (Å²) in [6, 6.07) is 11.7. The number of anilines is 2. The molecule has 9 heteroatoms. The zero-order chi connectivity index (χ0) is 21.7. The highest BCUT2D eigenvalue weighted by Gasteiger charge is 2.14. The summed E-state index contributed by atoms with van der Waals surface area (Å²) in [6.07, 6.45) is 0.652. The molecular formula is C21H24N4O5. The summed E-state index contributed by atoms with van der Waals surface area (Å²) in [5.74, 6) is -0.750. The van der Waals surface area contributed by atoms with Crippen LogP contribution in [0.15, 0.2) is 51.7 Å². The predicted molar refractivity (Wildman–Crippen MR) is 115 cm³/mol. The number of oxazole rings is 1. The van der Waals surface area contributed by atoms with Crippen LogP contribution in [0.25, 0.3) is 11.1 Å². The van der Waals surface area contributed by atoms with E-state index >= 15 is 0 Å². The van der Waals surface area contributed by atoms with Gasteiger partial charge in [0.05, 0.1) is 16.5 Å². The normalized spacial score (nSPS) is 10.9. The number of fused-ring (bicyclic) bond motifs is 1. The quantitative estimate of drug-likeness (QED) is 0.423. The number of carbonyl (C=O) groups is 1. The zero-order valence-electron chi connectivity index (χ0n) is 17.0. The van der Waals surface area contributed by atoms with Gasteiger partial charge in [0, 0.05) is 43.5 Å². The second-order valence-electron chi connectivity index (χ2n) is 6.80. The molecule has 2 aromatic carbocycles. The van der Waals surface area contributed by atoms with E-state index in [1.54, 1.807) is 0 Å². The fourth-order valence-electron chi connectivity index (χ4n) is 3.35. The maximum Gasteiger partial charge on any atom is 0.419 e. The van der Waals surface area contributed by atoms with Crippen LogP contribution in [0, 0.1) is 10.1 Å². The fourth-order valence-corrected chi connectivity index (χ4v) is 3.35. The van der Waals surface area contributed by atoms with Gasteiger partial charge in [0.1, 0.15) is 0 Å². The SMILES string of the molecule is CCN(CC)c1ccc(NC(=O)CCCn2c(=O)oc3cc([N+](=O)[O-])ccc32)cc1. The average Bonchev–Trinajstić information content (AvgIpc) is 3.04. The molecule has 30 heavy (non-hydrogen) atoms. The van der Waals surface area contributed by atoms with E-state index in [1.165, 1.54) is 22.8 Å². The summed E-state index contributed by atoms with van der Waals surface area (Å²) >= 11 is 0. The van der Waals surface area contributed by atoms with E-state index < -0.39 is 10.7 Å². The van der Waals surface area contributed by atoms with Gasteiger partial charge in [-0.3, -0.25) is 19.5 Å². The minimum absolute atomic E-state index is 0.144. The van der Waals surface area contributed by atoms with Crippen molar-refractivity contribution in [2.24, 2.45) is 0 Å². The molecule has 9 nitrogen and oxygen atoms in total. The molecule has 0 saturated heterocycles. The van der Waals surface area contributed by atoms with Gasteiger partial charge < -0.3 is 14.6 Å². The van der Waals surface area contributed by atoms with Crippen molar-refractivity contribution in [2.45, 2.75) is 33.2 Å². The Labute approximate surface area is 173 Å². The largest absolute Gasteiger partial charge is 0.419 e. The molecule has 3 aromatic rings. The van der Waals surface area contributed by atoms with Crippen LogP contribution in [0.3, 0.4) is 0 Å². The molecule has 1 N–H and O–H groups in total. The minimum atomic E-state index is -0.599. The lowest BCUT2D eigenvalue weighted by molar-refractivity contribution is -0.384. The van der Waals surface area contributed by atoms with Crippen molar-refractivity contribution in [3.05, 3.63) is 63.1 Å². The molecule has 0 fully saturated rings. The van der Waals surface area contributed by atoms with Crippen molar-refractivity contribution in [3.63, 3.8) is 0 Å². The van der Waals surface area contributed by atoms with Crippen molar-refractivity contribution in [1.29, 1.82) is 0 Å². The molecule has 0 atom stereocenters. The first-order chi connectivity index (χ1) is 14.4. The number of nitrogens with one attached hydrogen (secondary N) is 1. The van der Waals surface area contributed by atoms with E-state index in [1.807, 2.05) is 24.3 Å². The van der Waals surface area contributed by atoms with Crippen LogP contribution in [0.2, 0.25) is 0 Å². The van der Waals surface area contributed by atoms with Crippen LogP contribution < -0.4 is 16.0 Å². The molecule has 0 aliphatic rings. The van der Waals surface area contributed by atoms with Crippen molar-refractivity contribution >= 4 is 34.1 Å². The number of aromatic nitrogens is 1. The van der Waals surface area contributed by atoms with Gasteiger partial charge in [-0.1, -0.05) is 0 Å². The number of hydrogen-bond acceptors (Lipinski definition) is 6. The molecular weight excluding hydrogens is 388 g/mol. The third-order valence-corrected chi connectivity index (χ3v) is 4.93. The molecule has 0 saturated carbocycles. The Morgan fingerprint density at radius 2 is 1.87 bits per heavy atom. The number of nitro groups is 1. The lowest BCUT2D eigenvalue weighted by atomic mass is 10.2. The number of benzene rings is 2. The van der Waals surface area contributed by atoms with Crippen LogP contribution in [-0.4, -0.2) is 28.5 Å². The van der Waals surface area contributed by atoms with E-state index in [9.17, 15) is 19.7 Å². The Kier molecular flexibility index (Phi) is 6.51. The van der Waals surface area contributed by atoms with Gasteiger partial charge in [0.15, 0.2) is 5.58 Å². The number of aryl methyl sites for hydroxylation is 1. The van der Waals surface area contributed by atoms with E-state index in [0.29, 0.717) is 17.6 Å². The Morgan fingerprint density at radius 1 is 1.17 bits per heavy atom. The maximum atomic E-state index is 12.2. The van der Waals surface area contributed by atoms with Crippen LogP contribution in [-0.2, 0) is 11.3 Å². The molecule has 1 heterocycles. The van der Waals surface area contributed by atoms with Gasteiger partial charge >= 0.3 is 5.76 Å². The zero-order valence-corrected chi connectivity index (χ0v) is 17.0. The molecule has 0 unspecified atom stereocenters. The third-order valence-electron chi connectivity index (χ3n) is 4.93. The molecule has 0 aliphatic heterocycles. The number of non-ortho nitro benzene ring substituents is 1. The molecule has 0 spiro atoms. The maximum absolute atomic E-state index is 12.2. The second-order valence-corrected chi connectivity index (χ2v) is 6.80. The first kappa shape index (κ1) is 21.1. The van der Waals surface area contributed by atoms with E-state index in [0.717, 1.165) is 18.8 Å².